The van der Waals surface area contributed by atoms with Crippen molar-refractivity contribution in [2.24, 2.45) is 32.3 Å². The Hall–Kier alpha value is -4.81. The lowest BCUT2D eigenvalue weighted by atomic mass is 9.95. The number of nitrogens with one attached hydrogen (secondary N) is 1. The van der Waals surface area contributed by atoms with Gasteiger partial charge in [-0.15, -0.1) is 20.5 Å². The van der Waals surface area contributed by atoms with Gasteiger partial charge in [-0.05, 0) is 66.8 Å². The van der Waals surface area contributed by atoms with E-state index in [1.54, 1.807) is 4.72 Å². The highest BCUT2D eigenvalue weighted by molar-refractivity contribution is 7.93. The van der Waals surface area contributed by atoms with E-state index in [-0.39, 0.29) is 28.1 Å². The summed E-state index contributed by atoms with van der Waals surface area (Å²) in [6, 6.07) is 21.9. The van der Waals surface area contributed by atoms with Gasteiger partial charge in [-0.1, -0.05) is 140 Å². The van der Waals surface area contributed by atoms with Crippen LogP contribution in [-0.4, -0.2) is 34.1 Å². The zero-order chi connectivity index (χ0) is 44.4. The number of hydrogen-bond donors (Lipinski definition) is 1. The summed E-state index contributed by atoms with van der Waals surface area (Å²) in [5.41, 5.74) is -2.74. The van der Waals surface area contributed by atoms with Crippen LogP contribution in [0.3, 0.4) is 0 Å². The first-order chi connectivity index (χ1) is 29.3. The molecule has 0 aliphatic rings. The van der Waals surface area contributed by atoms with Crippen molar-refractivity contribution in [3.8, 4) is 22.9 Å². The van der Waals surface area contributed by atoms with Crippen LogP contribution in [-0.2, 0) is 16.4 Å². The molecule has 0 amide bonds. The molecule has 2 unspecified atom stereocenters. The zero-order valence-corrected chi connectivity index (χ0v) is 37.9. The number of aryl methyl sites for hydroxylation is 1. The second-order valence-electron chi connectivity index (χ2n) is 15.3. The van der Waals surface area contributed by atoms with E-state index < -0.39 is 21.2 Å². The Labute approximate surface area is 364 Å². The third kappa shape index (κ3) is 13.8. The molecule has 330 valence electrons. The van der Waals surface area contributed by atoms with Crippen LogP contribution in [0.15, 0.2) is 87.2 Å². The number of alkyl halides is 3. The van der Waals surface area contributed by atoms with Gasteiger partial charge >= 0.3 is 15.5 Å². The van der Waals surface area contributed by atoms with E-state index in [9.17, 15) is 26.9 Å². The van der Waals surface area contributed by atoms with Crippen molar-refractivity contribution < 1.29 is 26.3 Å². The minimum atomic E-state index is -5.88. The molecule has 4 rings (SSSR count). The van der Waals surface area contributed by atoms with E-state index in [0.717, 1.165) is 88.4 Å². The first-order valence-corrected chi connectivity index (χ1v) is 23.7. The molecule has 1 N–H and O–H groups in total. The van der Waals surface area contributed by atoms with Crippen molar-refractivity contribution in [3.05, 3.63) is 77.9 Å². The monoisotopic (exact) mass is 879 g/mol. The van der Waals surface area contributed by atoms with E-state index in [1.165, 1.54) is 24.8 Å². The molecule has 0 radical (unpaired) electrons. The number of thiophene rings is 1. The molecule has 0 spiro atoms. The highest BCUT2D eigenvalue weighted by atomic mass is 32.2. The molecule has 1 aromatic heterocycles. The zero-order valence-electron chi connectivity index (χ0n) is 36.3. The van der Waals surface area contributed by atoms with Crippen molar-refractivity contribution in [1.29, 1.82) is 5.26 Å². The van der Waals surface area contributed by atoms with E-state index in [0.29, 0.717) is 46.3 Å². The van der Waals surface area contributed by atoms with Crippen LogP contribution in [0.4, 0.5) is 45.9 Å². The van der Waals surface area contributed by atoms with Crippen LogP contribution in [0, 0.1) is 23.2 Å². The maximum Gasteiger partial charge on any atom is 0.516 e. The first-order valence-electron chi connectivity index (χ1n) is 21.4. The first kappa shape index (κ1) is 48.9. The molecule has 0 bridgehead atoms. The molecule has 1 heterocycles. The Balaban J connectivity index is 1.87. The number of nitrogens with zero attached hydrogens (tertiary/aromatic N) is 6. The van der Waals surface area contributed by atoms with Gasteiger partial charge in [0.1, 0.15) is 28.1 Å². The summed E-state index contributed by atoms with van der Waals surface area (Å²) in [5.74, 6) is 0.861. The van der Waals surface area contributed by atoms with Crippen LogP contribution in [0.5, 0.6) is 5.75 Å². The van der Waals surface area contributed by atoms with Gasteiger partial charge in [0.15, 0.2) is 5.00 Å². The van der Waals surface area contributed by atoms with Crippen LogP contribution in [0.25, 0.3) is 11.1 Å². The summed E-state index contributed by atoms with van der Waals surface area (Å²) >= 11 is 1.03. The molecule has 0 saturated carbocycles. The summed E-state index contributed by atoms with van der Waals surface area (Å²) in [7, 11) is -4.42. The number of benzene rings is 3. The Bertz CT molecular complexity index is 2170. The fourth-order valence-electron chi connectivity index (χ4n) is 7.10. The Kier molecular flexibility index (Phi) is 19.2. The number of ether oxygens (including phenoxy) is 1. The number of anilines is 2. The van der Waals surface area contributed by atoms with Crippen molar-refractivity contribution >= 4 is 54.1 Å². The van der Waals surface area contributed by atoms with Crippen LogP contribution >= 0.6 is 11.3 Å². The van der Waals surface area contributed by atoms with Crippen molar-refractivity contribution in [1.82, 2.24) is 0 Å². The number of methoxy groups -OCH3 is 1. The third-order valence-corrected chi connectivity index (χ3v) is 12.8. The molecule has 2 atom stereocenters. The summed E-state index contributed by atoms with van der Waals surface area (Å²) in [6.07, 6.45) is 12.2. The minimum Gasteiger partial charge on any atom is -0.494 e. The van der Waals surface area contributed by atoms with Gasteiger partial charge in [-0.25, -0.2) is 0 Å². The van der Waals surface area contributed by atoms with Crippen LogP contribution < -0.4 is 14.4 Å². The predicted octanol–water partition coefficient (Wildman–Crippen LogP) is 15.4. The fourth-order valence-corrected chi connectivity index (χ4v) is 8.59. The lowest BCUT2D eigenvalue weighted by molar-refractivity contribution is -0.0429. The molecule has 0 saturated heterocycles. The van der Waals surface area contributed by atoms with E-state index in [1.807, 2.05) is 54.6 Å². The number of unbranched alkanes of at least 4 members (excludes halogenated alkanes) is 4. The smallest absolute Gasteiger partial charge is 0.494 e. The summed E-state index contributed by atoms with van der Waals surface area (Å²) in [5, 5.41) is 28.7. The Morgan fingerprint density at radius 1 is 0.803 bits per heavy atom. The standard InChI is InChI=1S/C46H60F3N7O3S2/c1-7-12-16-21-35-24-26-37(27-25-35)51-54-45-43(36-22-17-15-18-23-36)38(30-50)44(60-45)53-52-39-29-42(59-6)41(28-40(39)55-61(57,58)46(47,48)49)56(31-33(10-4)19-13-8-2)32-34(11-5)20-14-9-3/h15,17-18,22-29,33-34,55H,7-14,16,19-21,31-32H2,1-6H3. The van der Waals surface area contributed by atoms with Gasteiger partial charge in [0.05, 0.1) is 24.2 Å². The number of nitriles is 1. The summed E-state index contributed by atoms with van der Waals surface area (Å²) < 4.78 is 75.0. The highest BCUT2D eigenvalue weighted by Crippen LogP contribution is 2.49. The lowest BCUT2D eigenvalue weighted by Gasteiger charge is -2.34. The molecular formula is C46H60F3N7O3S2. The molecule has 0 fully saturated rings. The number of rotatable bonds is 25. The highest BCUT2D eigenvalue weighted by Gasteiger charge is 2.46. The van der Waals surface area contributed by atoms with E-state index >= 15 is 0 Å². The second-order valence-corrected chi connectivity index (χ2v) is 17.9. The van der Waals surface area contributed by atoms with Gasteiger partial charge in [0, 0.05) is 24.7 Å². The van der Waals surface area contributed by atoms with E-state index in [2.05, 4.69) is 66.0 Å². The predicted molar refractivity (Wildman–Crippen MR) is 243 cm³/mol. The molecule has 0 aliphatic carbocycles. The summed E-state index contributed by atoms with van der Waals surface area (Å²) in [4.78, 5) is 2.12. The molecular weight excluding hydrogens is 820 g/mol. The largest absolute Gasteiger partial charge is 0.516 e. The van der Waals surface area contributed by atoms with Crippen LogP contribution in [0.1, 0.15) is 116 Å². The Morgan fingerprint density at radius 2 is 1.41 bits per heavy atom. The molecule has 4 aromatic rings. The van der Waals surface area contributed by atoms with Gasteiger partial charge < -0.3 is 9.64 Å². The molecule has 0 aliphatic heterocycles. The average Bonchev–Trinajstić information content (AvgIpc) is 3.62. The van der Waals surface area contributed by atoms with Crippen molar-refractivity contribution in [2.75, 3.05) is 29.8 Å². The molecule has 3 aromatic carbocycles. The van der Waals surface area contributed by atoms with Gasteiger partial charge in [-0.2, -0.15) is 26.9 Å². The second kappa shape index (κ2) is 24.0. The normalized spacial score (nSPS) is 13.1. The number of halogens is 3. The van der Waals surface area contributed by atoms with Crippen LogP contribution in [0.2, 0.25) is 0 Å². The van der Waals surface area contributed by atoms with Crippen molar-refractivity contribution in [2.45, 2.75) is 117 Å². The topological polar surface area (TPSA) is 132 Å². The van der Waals surface area contributed by atoms with Crippen molar-refractivity contribution in [3.63, 3.8) is 0 Å². The molecule has 61 heavy (non-hydrogen) atoms. The van der Waals surface area contributed by atoms with Gasteiger partial charge in [0.25, 0.3) is 0 Å². The third-order valence-electron chi connectivity index (χ3n) is 10.8. The Morgan fingerprint density at radius 3 is 1.95 bits per heavy atom. The van der Waals surface area contributed by atoms with Gasteiger partial charge in [0.2, 0.25) is 0 Å². The summed E-state index contributed by atoms with van der Waals surface area (Å²) in [6.45, 7) is 11.9. The maximum atomic E-state index is 14.0. The number of sulfonamides is 1. The number of azo groups is 2. The lowest BCUT2D eigenvalue weighted by Crippen LogP contribution is -2.34. The molecule has 10 nitrogen and oxygen atoms in total. The minimum absolute atomic E-state index is 0.110. The average molecular weight is 880 g/mol. The van der Waals surface area contributed by atoms with Gasteiger partial charge in [-0.3, -0.25) is 4.72 Å². The fraction of sp³-hybridized carbons (Fsp3) is 0.500. The quantitative estimate of drug-likeness (QED) is 0.0523. The maximum absolute atomic E-state index is 14.0. The number of hydrogen-bond acceptors (Lipinski definition) is 10. The van der Waals surface area contributed by atoms with E-state index in [4.69, 9.17) is 4.74 Å². The SMILES string of the molecule is CCCCCc1ccc(N=Nc2sc(N=Nc3cc(OC)c(N(CC(CC)CCCC)CC(CC)CCCC)cc3NS(=O)(=O)C(F)(F)F)c(C#N)c2-c2ccccc2)cc1. The molecule has 15 heteroatoms.